The molecule has 5 heteroatoms. The third kappa shape index (κ3) is 2.94. The van der Waals surface area contributed by atoms with E-state index < -0.39 is 5.97 Å². The third-order valence-electron chi connectivity index (χ3n) is 2.73. The number of amides is 1. The monoisotopic (exact) mass is 251 g/mol. The second kappa shape index (κ2) is 4.71. The van der Waals surface area contributed by atoms with Crippen LogP contribution in [0, 0.1) is 5.92 Å². The first kappa shape index (κ1) is 11.9. The van der Waals surface area contributed by atoms with E-state index in [4.69, 9.17) is 5.11 Å². The second-order valence-electron chi connectivity index (χ2n) is 4.17. The van der Waals surface area contributed by atoms with Crippen LogP contribution in [0.5, 0.6) is 0 Å². The molecule has 0 aromatic carbocycles. The van der Waals surface area contributed by atoms with E-state index in [0.717, 1.165) is 12.5 Å². The lowest BCUT2D eigenvalue weighted by atomic mass is 10.2. The molecule has 90 valence electrons. The van der Waals surface area contributed by atoms with Gasteiger partial charge in [-0.15, -0.1) is 11.3 Å². The molecule has 2 rings (SSSR count). The van der Waals surface area contributed by atoms with E-state index in [-0.39, 0.29) is 11.9 Å². The van der Waals surface area contributed by atoms with Gasteiger partial charge in [0, 0.05) is 12.1 Å². The Hall–Kier alpha value is -1.62. The molecule has 2 atom stereocenters. The van der Waals surface area contributed by atoms with Crippen molar-refractivity contribution in [2.45, 2.75) is 19.4 Å². The summed E-state index contributed by atoms with van der Waals surface area (Å²) in [6.07, 6.45) is 3.51. The zero-order chi connectivity index (χ0) is 12.4. The molecule has 0 aliphatic heterocycles. The molecule has 4 nitrogen and oxygen atoms in total. The minimum Gasteiger partial charge on any atom is -0.478 e. The Kier molecular flexibility index (Phi) is 3.28. The first-order chi connectivity index (χ1) is 8.08. The molecule has 1 aliphatic rings. The number of rotatable bonds is 4. The van der Waals surface area contributed by atoms with Crippen molar-refractivity contribution in [3.05, 3.63) is 28.0 Å². The molecule has 1 aromatic heterocycles. The average molecular weight is 251 g/mol. The highest BCUT2D eigenvalue weighted by Gasteiger charge is 2.34. The Morgan fingerprint density at radius 2 is 2.29 bits per heavy atom. The van der Waals surface area contributed by atoms with Crippen LogP contribution in [0.1, 0.15) is 28.6 Å². The van der Waals surface area contributed by atoms with E-state index in [0.29, 0.717) is 16.4 Å². The SMILES string of the molecule is CC1CC1NC(=O)c1sccc1C=CC(=O)O. The number of nitrogens with one attached hydrogen (secondary N) is 1. The number of thiophene rings is 1. The Balaban J connectivity index is 2.07. The Labute approximate surface area is 103 Å². The van der Waals surface area contributed by atoms with Gasteiger partial charge in [-0.1, -0.05) is 6.92 Å². The minimum absolute atomic E-state index is 0.112. The van der Waals surface area contributed by atoms with Gasteiger partial charge in [0.1, 0.15) is 0 Å². The Morgan fingerprint density at radius 3 is 2.88 bits per heavy atom. The molecule has 1 saturated carbocycles. The Bertz CT molecular complexity index is 478. The van der Waals surface area contributed by atoms with Gasteiger partial charge in [-0.25, -0.2) is 4.79 Å². The summed E-state index contributed by atoms with van der Waals surface area (Å²) in [5.74, 6) is -0.574. The molecule has 1 aromatic rings. The Morgan fingerprint density at radius 1 is 1.59 bits per heavy atom. The summed E-state index contributed by atoms with van der Waals surface area (Å²) in [4.78, 5) is 22.9. The predicted octanol–water partition coefficient (Wildman–Crippen LogP) is 1.98. The molecule has 0 saturated heterocycles. The number of hydrogen-bond donors (Lipinski definition) is 2. The van der Waals surface area contributed by atoms with Crippen molar-refractivity contribution < 1.29 is 14.7 Å². The third-order valence-corrected chi connectivity index (χ3v) is 3.66. The van der Waals surface area contributed by atoms with Gasteiger partial charge >= 0.3 is 5.97 Å². The average Bonchev–Trinajstić information content (AvgIpc) is 2.81. The van der Waals surface area contributed by atoms with Crippen LogP contribution in [0.2, 0.25) is 0 Å². The maximum Gasteiger partial charge on any atom is 0.328 e. The molecule has 17 heavy (non-hydrogen) atoms. The summed E-state index contributed by atoms with van der Waals surface area (Å²) < 4.78 is 0. The van der Waals surface area contributed by atoms with Crippen molar-refractivity contribution in [1.82, 2.24) is 5.32 Å². The molecule has 0 spiro atoms. The van der Waals surface area contributed by atoms with Crippen LogP contribution >= 0.6 is 11.3 Å². The highest BCUT2D eigenvalue weighted by atomic mass is 32.1. The molecule has 0 radical (unpaired) electrons. The number of carboxylic acids is 1. The maximum atomic E-state index is 11.9. The summed E-state index contributed by atoms with van der Waals surface area (Å²) in [6, 6.07) is 2.02. The largest absolute Gasteiger partial charge is 0.478 e. The van der Waals surface area contributed by atoms with E-state index in [9.17, 15) is 9.59 Å². The number of aliphatic carboxylic acids is 1. The predicted molar refractivity (Wildman–Crippen MR) is 66.0 cm³/mol. The van der Waals surface area contributed by atoms with Gasteiger partial charge in [0.25, 0.3) is 5.91 Å². The van der Waals surface area contributed by atoms with Crippen LogP contribution in [0.15, 0.2) is 17.5 Å². The van der Waals surface area contributed by atoms with E-state index in [2.05, 4.69) is 12.2 Å². The summed E-state index contributed by atoms with van der Waals surface area (Å²) in [5.41, 5.74) is 0.656. The maximum absolute atomic E-state index is 11.9. The summed E-state index contributed by atoms with van der Waals surface area (Å²) in [6.45, 7) is 2.09. The fourth-order valence-corrected chi connectivity index (χ4v) is 2.34. The lowest BCUT2D eigenvalue weighted by Crippen LogP contribution is -2.26. The van der Waals surface area contributed by atoms with Crippen LogP contribution in [0.3, 0.4) is 0 Å². The lowest BCUT2D eigenvalue weighted by Gasteiger charge is -2.02. The normalized spacial score (nSPS) is 22.6. The standard InChI is InChI=1S/C12H13NO3S/c1-7-6-9(7)13-12(16)11-8(4-5-17-11)2-3-10(14)15/h2-5,7,9H,6H2,1H3,(H,13,16)(H,14,15). The van der Waals surface area contributed by atoms with E-state index in [1.54, 1.807) is 11.4 Å². The molecule has 1 heterocycles. The van der Waals surface area contributed by atoms with E-state index in [1.165, 1.54) is 17.4 Å². The topological polar surface area (TPSA) is 66.4 Å². The second-order valence-corrected chi connectivity index (χ2v) is 5.09. The first-order valence-corrected chi connectivity index (χ1v) is 6.25. The number of carbonyl (C=O) groups is 2. The quantitative estimate of drug-likeness (QED) is 0.804. The van der Waals surface area contributed by atoms with Gasteiger partial charge in [-0.2, -0.15) is 0 Å². The van der Waals surface area contributed by atoms with Crippen molar-refractivity contribution in [1.29, 1.82) is 0 Å². The fourth-order valence-electron chi connectivity index (χ4n) is 1.55. The van der Waals surface area contributed by atoms with Gasteiger partial charge in [-0.05, 0) is 35.4 Å². The number of carbonyl (C=O) groups excluding carboxylic acids is 1. The van der Waals surface area contributed by atoms with Crippen LogP contribution in [0.25, 0.3) is 6.08 Å². The summed E-state index contributed by atoms with van der Waals surface area (Å²) in [7, 11) is 0. The van der Waals surface area contributed by atoms with Crippen molar-refractivity contribution >= 4 is 29.3 Å². The van der Waals surface area contributed by atoms with Crippen molar-refractivity contribution in [3.8, 4) is 0 Å². The number of carboxylic acid groups (broad SMARTS) is 1. The van der Waals surface area contributed by atoms with Crippen LogP contribution in [-0.4, -0.2) is 23.0 Å². The molecule has 2 N–H and O–H groups in total. The highest BCUT2D eigenvalue weighted by Crippen LogP contribution is 2.30. The summed E-state index contributed by atoms with van der Waals surface area (Å²) in [5, 5.41) is 13.3. The minimum atomic E-state index is -1.02. The van der Waals surface area contributed by atoms with Gasteiger partial charge in [-0.3, -0.25) is 4.79 Å². The zero-order valence-corrected chi connectivity index (χ0v) is 10.2. The van der Waals surface area contributed by atoms with Crippen molar-refractivity contribution in [3.63, 3.8) is 0 Å². The molecule has 1 aliphatic carbocycles. The van der Waals surface area contributed by atoms with E-state index in [1.807, 2.05) is 0 Å². The summed E-state index contributed by atoms with van der Waals surface area (Å²) >= 11 is 1.32. The first-order valence-electron chi connectivity index (χ1n) is 5.37. The smallest absolute Gasteiger partial charge is 0.328 e. The molecule has 1 fully saturated rings. The molecule has 1 amide bonds. The molecular formula is C12H13NO3S. The van der Waals surface area contributed by atoms with Gasteiger partial charge in [0.05, 0.1) is 4.88 Å². The van der Waals surface area contributed by atoms with Gasteiger partial charge < -0.3 is 10.4 Å². The molecule has 2 unspecified atom stereocenters. The molecular weight excluding hydrogens is 238 g/mol. The highest BCUT2D eigenvalue weighted by molar-refractivity contribution is 7.12. The number of hydrogen-bond acceptors (Lipinski definition) is 3. The lowest BCUT2D eigenvalue weighted by molar-refractivity contribution is -0.131. The van der Waals surface area contributed by atoms with Gasteiger partial charge in [0.15, 0.2) is 0 Å². The van der Waals surface area contributed by atoms with Crippen LogP contribution < -0.4 is 5.32 Å². The van der Waals surface area contributed by atoms with Crippen LogP contribution in [0.4, 0.5) is 0 Å². The van der Waals surface area contributed by atoms with Gasteiger partial charge in [0.2, 0.25) is 0 Å². The van der Waals surface area contributed by atoms with Crippen molar-refractivity contribution in [2.75, 3.05) is 0 Å². The van der Waals surface area contributed by atoms with E-state index >= 15 is 0 Å². The fraction of sp³-hybridized carbons (Fsp3) is 0.333. The zero-order valence-electron chi connectivity index (χ0n) is 9.34. The molecule has 0 bridgehead atoms. The van der Waals surface area contributed by atoms with Crippen LogP contribution in [-0.2, 0) is 4.79 Å². The van der Waals surface area contributed by atoms with Crippen molar-refractivity contribution in [2.24, 2.45) is 5.92 Å².